The Morgan fingerprint density at radius 2 is 2.05 bits per heavy atom. The van der Waals surface area contributed by atoms with Crippen molar-refractivity contribution in [2.24, 2.45) is 0 Å². The fourth-order valence-electron chi connectivity index (χ4n) is 1.96. The standard InChI is InChI=1S/C12H17N3O3S/c1-9-8-19-12-13-10(6-11(18)15(9)12)7-14(2-4-16)3-5-17/h6,8,16-17H,2-5,7H2,1H3. The van der Waals surface area contributed by atoms with Crippen molar-refractivity contribution < 1.29 is 10.2 Å². The third kappa shape index (κ3) is 3.19. The van der Waals surface area contributed by atoms with Gasteiger partial charge in [0.15, 0.2) is 4.96 Å². The minimum absolute atomic E-state index is 0.0132. The Labute approximate surface area is 114 Å². The van der Waals surface area contributed by atoms with Crippen LogP contribution in [0.5, 0.6) is 0 Å². The Hall–Kier alpha value is -1.28. The zero-order chi connectivity index (χ0) is 13.8. The number of hydrogen-bond acceptors (Lipinski definition) is 6. The molecule has 0 saturated heterocycles. The highest BCUT2D eigenvalue weighted by Gasteiger charge is 2.10. The van der Waals surface area contributed by atoms with Gasteiger partial charge in [0.25, 0.3) is 5.56 Å². The molecule has 0 unspecified atom stereocenters. The molecule has 0 radical (unpaired) electrons. The summed E-state index contributed by atoms with van der Waals surface area (Å²) in [6, 6.07) is 1.51. The second-order valence-electron chi connectivity index (χ2n) is 4.30. The first-order valence-electron chi connectivity index (χ1n) is 6.06. The molecule has 0 spiro atoms. The zero-order valence-corrected chi connectivity index (χ0v) is 11.6. The second kappa shape index (κ2) is 6.25. The minimum Gasteiger partial charge on any atom is -0.395 e. The Kier molecular flexibility index (Phi) is 4.65. The molecule has 6 nitrogen and oxygen atoms in total. The van der Waals surface area contributed by atoms with Crippen LogP contribution in [0, 0.1) is 6.92 Å². The third-order valence-electron chi connectivity index (χ3n) is 2.85. The summed E-state index contributed by atoms with van der Waals surface area (Å²) in [4.78, 5) is 19.0. The van der Waals surface area contributed by atoms with Gasteiger partial charge in [-0.2, -0.15) is 0 Å². The molecular formula is C12H17N3O3S. The van der Waals surface area contributed by atoms with E-state index < -0.39 is 0 Å². The lowest BCUT2D eigenvalue weighted by atomic mass is 10.3. The van der Waals surface area contributed by atoms with Crippen LogP contribution in [0.1, 0.15) is 11.4 Å². The van der Waals surface area contributed by atoms with Crippen LogP contribution in [0.3, 0.4) is 0 Å². The van der Waals surface area contributed by atoms with Crippen LogP contribution in [-0.2, 0) is 6.54 Å². The molecule has 0 amide bonds. The van der Waals surface area contributed by atoms with Gasteiger partial charge in [-0.15, -0.1) is 11.3 Å². The number of rotatable bonds is 6. The van der Waals surface area contributed by atoms with Crippen molar-refractivity contribution in [2.45, 2.75) is 13.5 Å². The molecule has 0 aromatic carbocycles. The van der Waals surface area contributed by atoms with E-state index in [-0.39, 0.29) is 18.8 Å². The number of aliphatic hydroxyl groups is 2. The van der Waals surface area contributed by atoms with Gasteiger partial charge in [0.05, 0.1) is 18.9 Å². The van der Waals surface area contributed by atoms with Crippen molar-refractivity contribution >= 4 is 16.3 Å². The van der Waals surface area contributed by atoms with E-state index in [0.29, 0.717) is 30.3 Å². The fraction of sp³-hybridized carbons (Fsp3) is 0.500. The van der Waals surface area contributed by atoms with E-state index in [0.717, 1.165) is 5.69 Å². The zero-order valence-electron chi connectivity index (χ0n) is 10.7. The first kappa shape index (κ1) is 14.1. The molecule has 0 fully saturated rings. The Bertz CT molecular complexity index is 602. The van der Waals surface area contributed by atoms with E-state index in [2.05, 4.69) is 4.98 Å². The van der Waals surface area contributed by atoms with Gasteiger partial charge in [-0.25, -0.2) is 4.98 Å². The molecule has 2 N–H and O–H groups in total. The van der Waals surface area contributed by atoms with Crippen LogP contribution in [0.25, 0.3) is 4.96 Å². The summed E-state index contributed by atoms with van der Waals surface area (Å²) in [7, 11) is 0. The van der Waals surface area contributed by atoms with E-state index in [1.54, 1.807) is 4.40 Å². The van der Waals surface area contributed by atoms with Crippen LogP contribution >= 0.6 is 11.3 Å². The number of aliphatic hydroxyl groups excluding tert-OH is 2. The van der Waals surface area contributed by atoms with Gasteiger partial charge in [0, 0.05) is 36.8 Å². The summed E-state index contributed by atoms with van der Waals surface area (Å²) in [6.07, 6.45) is 0. The largest absolute Gasteiger partial charge is 0.395 e. The maximum Gasteiger partial charge on any atom is 0.259 e. The predicted octanol–water partition coefficient (Wildman–Crippen LogP) is -0.149. The molecule has 2 rings (SSSR count). The molecule has 0 aliphatic heterocycles. The quantitative estimate of drug-likeness (QED) is 0.771. The van der Waals surface area contributed by atoms with E-state index in [1.807, 2.05) is 17.2 Å². The summed E-state index contributed by atoms with van der Waals surface area (Å²) in [5.41, 5.74) is 1.45. The Balaban J connectivity index is 2.27. The maximum atomic E-state index is 12.0. The van der Waals surface area contributed by atoms with E-state index >= 15 is 0 Å². The van der Waals surface area contributed by atoms with Gasteiger partial charge in [-0.3, -0.25) is 14.1 Å². The molecule has 2 aromatic heterocycles. The average molecular weight is 283 g/mol. The van der Waals surface area contributed by atoms with Crippen LogP contribution in [0.4, 0.5) is 0 Å². The molecule has 2 heterocycles. The van der Waals surface area contributed by atoms with Crippen LogP contribution in [0.2, 0.25) is 0 Å². The lowest BCUT2D eigenvalue weighted by molar-refractivity contribution is 0.154. The minimum atomic E-state index is -0.0910. The predicted molar refractivity (Wildman–Crippen MR) is 73.5 cm³/mol. The summed E-state index contributed by atoms with van der Waals surface area (Å²) in [5.74, 6) is 0. The van der Waals surface area contributed by atoms with Gasteiger partial charge < -0.3 is 10.2 Å². The number of aryl methyl sites for hydroxylation is 1. The van der Waals surface area contributed by atoms with Crippen LogP contribution in [0.15, 0.2) is 16.2 Å². The van der Waals surface area contributed by atoms with Gasteiger partial charge in [0.1, 0.15) is 0 Å². The van der Waals surface area contributed by atoms with E-state index in [1.165, 1.54) is 17.4 Å². The molecule has 7 heteroatoms. The van der Waals surface area contributed by atoms with Crippen molar-refractivity contribution in [2.75, 3.05) is 26.3 Å². The van der Waals surface area contributed by atoms with Crippen molar-refractivity contribution in [1.29, 1.82) is 0 Å². The van der Waals surface area contributed by atoms with Gasteiger partial charge >= 0.3 is 0 Å². The van der Waals surface area contributed by atoms with Crippen molar-refractivity contribution in [3.8, 4) is 0 Å². The summed E-state index contributed by atoms with van der Waals surface area (Å²) >= 11 is 1.43. The first-order chi connectivity index (χ1) is 9.15. The van der Waals surface area contributed by atoms with Gasteiger partial charge in [0.2, 0.25) is 0 Å². The number of aromatic nitrogens is 2. The monoisotopic (exact) mass is 283 g/mol. The molecular weight excluding hydrogens is 266 g/mol. The van der Waals surface area contributed by atoms with Crippen LogP contribution in [-0.4, -0.2) is 50.8 Å². The molecule has 0 saturated carbocycles. The fourth-order valence-corrected chi connectivity index (χ4v) is 2.85. The second-order valence-corrected chi connectivity index (χ2v) is 5.14. The lowest BCUT2D eigenvalue weighted by Gasteiger charge is -2.19. The first-order valence-corrected chi connectivity index (χ1v) is 6.94. The average Bonchev–Trinajstić information content (AvgIpc) is 2.72. The van der Waals surface area contributed by atoms with Gasteiger partial charge in [-0.05, 0) is 6.92 Å². The number of nitrogens with zero attached hydrogens (tertiary/aromatic N) is 3. The Morgan fingerprint density at radius 3 is 2.68 bits per heavy atom. The topological polar surface area (TPSA) is 78.1 Å². The summed E-state index contributed by atoms with van der Waals surface area (Å²) < 4.78 is 1.58. The van der Waals surface area contributed by atoms with Crippen molar-refractivity contribution in [3.05, 3.63) is 33.2 Å². The molecule has 0 aliphatic rings. The highest BCUT2D eigenvalue weighted by atomic mass is 32.1. The molecule has 0 aliphatic carbocycles. The van der Waals surface area contributed by atoms with Crippen molar-refractivity contribution in [1.82, 2.24) is 14.3 Å². The smallest absolute Gasteiger partial charge is 0.259 e. The molecule has 104 valence electrons. The van der Waals surface area contributed by atoms with Crippen molar-refractivity contribution in [3.63, 3.8) is 0 Å². The van der Waals surface area contributed by atoms with Gasteiger partial charge in [-0.1, -0.05) is 0 Å². The SMILES string of the molecule is Cc1csc2nc(CN(CCO)CCO)cc(=O)n12. The normalized spacial score (nSPS) is 11.6. The third-order valence-corrected chi connectivity index (χ3v) is 3.79. The Morgan fingerprint density at radius 1 is 1.37 bits per heavy atom. The molecule has 0 bridgehead atoms. The van der Waals surface area contributed by atoms with Crippen LogP contribution < -0.4 is 5.56 Å². The number of thiazole rings is 1. The molecule has 19 heavy (non-hydrogen) atoms. The number of fused-ring (bicyclic) bond motifs is 1. The highest BCUT2D eigenvalue weighted by molar-refractivity contribution is 7.15. The van der Waals surface area contributed by atoms with E-state index in [4.69, 9.17) is 10.2 Å². The highest BCUT2D eigenvalue weighted by Crippen LogP contribution is 2.12. The maximum absolute atomic E-state index is 12.0. The summed E-state index contributed by atoms with van der Waals surface area (Å²) in [6.45, 7) is 3.24. The number of hydrogen-bond donors (Lipinski definition) is 2. The molecule has 2 aromatic rings. The van der Waals surface area contributed by atoms with E-state index in [9.17, 15) is 4.79 Å². The summed E-state index contributed by atoms with van der Waals surface area (Å²) in [5, 5.41) is 19.8. The molecule has 0 atom stereocenters. The lowest BCUT2D eigenvalue weighted by Crippen LogP contribution is -2.30.